The Morgan fingerprint density at radius 2 is 2.00 bits per heavy atom. The number of hydrogen-bond acceptors (Lipinski definition) is 2. The van der Waals surface area contributed by atoms with E-state index >= 15 is 0 Å². The van der Waals surface area contributed by atoms with Gasteiger partial charge in [-0.3, -0.25) is 4.68 Å². The smallest absolute Gasteiger partial charge is 0.135 e. The van der Waals surface area contributed by atoms with Crippen LogP contribution in [-0.2, 0) is 6.54 Å². The lowest BCUT2D eigenvalue weighted by atomic mass is 10.1. The van der Waals surface area contributed by atoms with Crippen molar-refractivity contribution < 1.29 is 8.78 Å². The number of halogens is 2. The lowest BCUT2D eigenvalue weighted by molar-refractivity contribution is 0.586. The third-order valence-corrected chi connectivity index (χ3v) is 2.41. The first-order valence-electron chi connectivity index (χ1n) is 5.09. The Balaban J connectivity index is 2.68. The molecule has 0 aliphatic heterocycles. The van der Waals surface area contributed by atoms with Crippen LogP contribution in [0.3, 0.4) is 0 Å². The summed E-state index contributed by atoms with van der Waals surface area (Å²) in [5.41, 5.74) is -0.0444. The van der Waals surface area contributed by atoms with Gasteiger partial charge in [0.2, 0.25) is 0 Å². The van der Waals surface area contributed by atoms with Gasteiger partial charge in [0.25, 0.3) is 0 Å². The minimum Gasteiger partial charge on any atom is -0.271 e. The lowest BCUT2D eigenvalue weighted by Crippen LogP contribution is -1.96. The minimum absolute atomic E-state index is 0.0463. The van der Waals surface area contributed by atoms with Gasteiger partial charge in [0.15, 0.2) is 0 Å². The molecule has 0 N–H and O–H groups in total. The van der Waals surface area contributed by atoms with E-state index in [9.17, 15) is 8.78 Å². The molecule has 1 aromatic heterocycles. The molecule has 0 atom stereocenters. The van der Waals surface area contributed by atoms with Crippen molar-refractivity contribution in [1.29, 1.82) is 5.26 Å². The number of benzene rings is 1. The standard InChI is InChI=1S/C12H9F2N3/c1-2-17-7-8(6-15)12(16-17)11-9(13)4-3-5-10(11)14/h3-5,7H,2H2,1H3. The first-order chi connectivity index (χ1) is 8.17. The van der Waals surface area contributed by atoms with E-state index in [4.69, 9.17) is 5.26 Å². The average molecular weight is 233 g/mol. The van der Waals surface area contributed by atoms with Crippen LogP contribution in [0.25, 0.3) is 11.3 Å². The van der Waals surface area contributed by atoms with Crippen LogP contribution in [0.4, 0.5) is 8.78 Å². The Morgan fingerprint density at radius 1 is 1.35 bits per heavy atom. The van der Waals surface area contributed by atoms with Crippen LogP contribution in [0.2, 0.25) is 0 Å². The van der Waals surface area contributed by atoms with E-state index in [-0.39, 0.29) is 16.8 Å². The zero-order valence-corrected chi connectivity index (χ0v) is 9.11. The van der Waals surface area contributed by atoms with Crippen LogP contribution in [0.5, 0.6) is 0 Å². The van der Waals surface area contributed by atoms with Crippen molar-refractivity contribution in [3.63, 3.8) is 0 Å². The fraction of sp³-hybridized carbons (Fsp3) is 0.167. The highest BCUT2D eigenvalue weighted by atomic mass is 19.1. The van der Waals surface area contributed by atoms with Crippen molar-refractivity contribution in [2.24, 2.45) is 0 Å². The quantitative estimate of drug-likeness (QED) is 0.800. The molecule has 3 nitrogen and oxygen atoms in total. The summed E-state index contributed by atoms with van der Waals surface area (Å²) in [6, 6.07) is 5.45. The molecule has 1 heterocycles. The molecular formula is C12H9F2N3. The number of rotatable bonds is 2. The summed E-state index contributed by atoms with van der Waals surface area (Å²) in [6.07, 6.45) is 1.47. The Kier molecular flexibility index (Phi) is 2.88. The van der Waals surface area contributed by atoms with Gasteiger partial charge in [0.05, 0.1) is 11.1 Å². The van der Waals surface area contributed by atoms with E-state index < -0.39 is 11.6 Å². The summed E-state index contributed by atoms with van der Waals surface area (Å²) in [5, 5.41) is 12.9. The molecule has 1 aromatic carbocycles. The van der Waals surface area contributed by atoms with Crippen LogP contribution < -0.4 is 0 Å². The molecule has 0 aliphatic carbocycles. The molecule has 0 unspecified atom stereocenters. The molecule has 0 fully saturated rings. The number of nitrogens with zero attached hydrogens (tertiary/aromatic N) is 3. The lowest BCUT2D eigenvalue weighted by Gasteiger charge is -2.01. The van der Waals surface area contributed by atoms with Crippen LogP contribution in [0.1, 0.15) is 12.5 Å². The number of aryl methyl sites for hydroxylation is 1. The number of hydrogen-bond donors (Lipinski definition) is 0. The monoisotopic (exact) mass is 233 g/mol. The van der Waals surface area contributed by atoms with Gasteiger partial charge >= 0.3 is 0 Å². The molecule has 0 saturated carbocycles. The van der Waals surface area contributed by atoms with Crippen LogP contribution in [0.15, 0.2) is 24.4 Å². The van der Waals surface area contributed by atoms with Gasteiger partial charge in [0, 0.05) is 12.7 Å². The Bertz CT molecular complexity index is 576. The molecule has 17 heavy (non-hydrogen) atoms. The zero-order valence-electron chi connectivity index (χ0n) is 9.11. The molecular weight excluding hydrogens is 224 g/mol. The summed E-state index contributed by atoms with van der Waals surface area (Å²) in [5.74, 6) is -1.44. The van der Waals surface area contributed by atoms with E-state index in [1.54, 1.807) is 0 Å². The summed E-state index contributed by atoms with van der Waals surface area (Å²) >= 11 is 0. The molecule has 0 spiro atoms. The van der Waals surface area contributed by atoms with E-state index in [2.05, 4.69) is 5.10 Å². The van der Waals surface area contributed by atoms with Crippen LogP contribution >= 0.6 is 0 Å². The maximum Gasteiger partial charge on any atom is 0.135 e. The summed E-state index contributed by atoms with van der Waals surface area (Å²) in [6.45, 7) is 2.36. The highest BCUT2D eigenvalue weighted by molar-refractivity contribution is 5.67. The molecule has 0 bridgehead atoms. The fourth-order valence-electron chi connectivity index (χ4n) is 1.57. The van der Waals surface area contributed by atoms with Gasteiger partial charge in [-0.1, -0.05) is 6.07 Å². The molecule has 2 aromatic rings. The third kappa shape index (κ3) is 1.89. The van der Waals surface area contributed by atoms with Crippen LogP contribution in [0, 0.1) is 23.0 Å². The van der Waals surface area contributed by atoms with Crippen molar-refractivity contribution in [2.45, 2.75) is 13.5 Å². The van der Waals surface area contributed by atoms with Crippen molar-refractivity contribution in [3.05, 3.63) is 41.6 Å². The normalized spacial score (nSPS) is 10.2. The largest absolute Gasteiger partial charge is 0.271 e. The first-order valence-corrected chi connectivity index (χ1v) is 5.09. The Hall–Kier alpha value is -2.22. The Morgan fingerprint density at radius 3 is 2.53 bits per heavy atom. The second kappa shape index (κ2) is 4.34. The third-order valence-electron chi connectivity index (χ3n) is 2.41. The topological polar surface area (TPSA) is 41.6 Å². The predicted octanol–water partition coefficient (Wildman–Crippen LogP) is 2.72. The predicted molar refractivity (Wildman–Crippen MR) is 58.0 cm³/mol. The summed E-state index contributed by atoms with van der Waals surface area (Å²) in [4.78, 5) is 0. The minimum atomic E-state index is -0.720. The van der Waals surface area contributed by atoms with Crippen molar-refractivity contribution >= 4 is 0 Å². The fourth-order valence-corrected chi connectivity index (χ4v) is 1.57. The Labute approximate surface area is 96.9 Å². The second-order valence-corrected chi connectivity index (χ2v) is 3.46. The van der Waals surface area contributed by atoms with Gasteiger partial charge in [-0.2, -0.15) is 10.4 Å². The van der Waals surface area contributed by atoms with Gasteiger partial charge in [-0.05, 0) is 19.1 Å². The summed E-state index contributed by atoms with van der Waals surface area (Å²) in [7, 11) is 0. The van der Waals surface area contributed by atoms with E-state index in [0.29, 0.717) is 6.54 Å². The zero-order chi connectivity index (χ0) is 12.4. The SMILES string of the molecule is CCn1cc(C#N)c(-c2c(F)cccc2F)n1. The molecule has 0 saturated heterocycles. The van der Waals surface area contributed by atoms with Gasteiger partial charge in [0.1, 0.15) is 23.4 Å². The second-order valence-electron chi connectivity index (χ2n) is 3.46. The molecule has 0 amide bonds. The maximum absolute atomic E-state index is 13.6. The highest BCUT2D eigenvalue weighted by Gasteiger charge is 2.18. The van der Waals surface area contributed by atoms with Crippen molar-refractivity contribution in [1.82, 2.24) is 9.78 Å². The maximum atomic E-state index is 13.6. The average Bonchev–Trinajstić information content (AvgIpc) is 2.72. The molecule has 2 rings (SSSR count). The first kappa shape index (κ1) is 11.3. The molecule has 0 aliphatic rings. The van der Waals surface area contributed by atoms with Gasteiger partial charge in [-0.25, -0.2) is 8.78 Å². The van der Waals surface area contributed by atoms with Gasteiger partial charge in [-0.15, -0.1) is 0 Å². The van der Waals surface area contributed by atoms with Crippen molar-refractivity contribution in [3.8, 4) is 17.3 Å². The van der Waals surface area contributed by atoms with Crippen molar-refractivity contribution in [2.75, 3.05) is 0 Å². The molecule has 0 radical (unpaired) electrons. The van der Waals surface area contributed by atoms with E-state index in [1.807, 2.05) is 13.0 Å². The number of aromatic nitrogens is 2. The van der Waals surface area contributed by atoms with Crippen LogP contribution in [-0.4, -0.2) is 9.78 Å². The molecule has 86 valence electrons. The summed E-state index contributed by atoms with van der Waals surface area (Å²) < 4.78 is 28.6. The van der Waals surface area contributed by atoms with E-state index in [0.717, 1.165) is 12.1 Å². The van der Waals surface area contributed by atoms with Gasteiger partial charge < -0.3 is 0 Å². The molecule has 5 heteroatoms. The highest BCUT2D eigenvalue weighted by Crippen LogP contribution is 2.27. The number of nitriles is 1. The van der Waals surface area contributed by atoms with E-state index in [1.165, 1.54) is 16.9 Å².